The summed E-state index contributed by atoms with van der Waals surface area (Å²) >= 11 is 0. The van der Waals surface area contributed by atoms with Crippen LogP contribution in [0.25, 0.3) is 0 Å². The quantitative estimate of drug-likeness (QED) is 0.618. The van der Waals surface area contributed by atoms with Crippen molar-refractivity contribution in [3.05, 3.63) is 0 Å². The molecular formula is C16H28N4O2. The molecule has 0 atom stereocenters. The van der Waals surface area contributed by atoms with Crippen LogP contribution in [0.3, 0.4) is 0 Å². The molecule has 0 unspecified atom stereocenters. The van der Waals surface area contributed by atoms with E-state index in [1.807, 2.05) is 26.8 Å². The van der Waals surface area contributed by atoms with E-state index in [4.69, 9.17) is 5.26 Å². The van der Waals surface area contributed by atoms with Crippen LogP contribution in [0.2, 0.25) is 0 Å². The zero-order chi connectivity index (χ0) is 16.6. The third-order valence-electron chi connectivity index (χ3n) is 3.75. The molecule has 0 aromatic heterocycles. The lowest BCUT2D eigenvalue weighted by Crippen LogP contribution is -2.54. The van der Waals surface area contributed by atoms with Crippen molar-refractivity contribution in [3.8, 4) is 6.07 Å². The number of carbonyl (C=O) groups is 2. The molecule has 2 N–H and O–H groups in total. The Morgan fingerprint density at radius 3 is 2.41 bits per heavy atom. The zero-order valence-electron chi connectivity index (χ0n) is 13.9. The maximum Gasteiger partial charge on any atom is 0.334 e. The summed E-state index contributed by atoms with van der Waals surface area (Å²) < 4.78 is 0. The summed E-state index contributed by atoms with van der Waals surface area (Å²) in [5, 5.41) is 12.7. The Labute approximate surface area is 133 Å². The Kier molecular flexibility index (Phi) is 7.16. The van der Waals surface area contributed by atoms with Crippen molar-refractivity contribution in [3.63, 3.8) is 0 Å². The number of amides is 3. The molecule has 22 heavy (non-hydrogen) atoms. The minimum absolute atomic E-state index is 0.138. The molecule has 1 aliphatic rings. The van der Waals surface area contributed by atoms with Gasteiger partial charge in [0.2, 0.25) is 5.91 Å². The molecule has 0 bridgehead atoms. The van der Waals surface area contributed by atoms with Crippen molar-refractivity contribution in [2.75, 3.05) is 6.54 Å². The van der Waals surface area contributed by atoms with Crippen LogP contribution >= 0.6 is 0 Å². The van der Waals surface area contributed by atoms with E-state index < -0.39 is 11.6 Å². The second-order valence-electron chi connectivity index (χ2n) is 7.00. The minimum atomic E-state index is -0.464. The first-order valence-corrected chi connectivity index (χ1v) is 8.08. The number of carbonyl (C=O) groups excluding carboxylic acids is 2. The van der Waals surface area contributed by atoms with Gasteiger partial charge in [0, 0.05) is 12.0 Å². The van der Waals surface area contributed by atoms with Gasteiger partial charge in [-0.05, 0) is 33.1 Å². The van der Waals surface area contributed by atoms with Gasteiger partial charge in [0.15, 0.2) is 0 Å². The predicted octanol–water partition coefficient (Wildman–Crippen LogP) is 2.71. The van der Waals surface area contributed by atoms with Gasteiger partial charge in [-0.3, -0.25) is 4.79 Å². The van der Waals surface area contributed by atoms with E-state index in [-0.39, 0.29) is 12.5 Å². The summed E-state index contributed by atoms with van der Waals surface area (Å²) in [4.78, 5) is 24.0. The summed E-state index contributed by atoms with van der Waals surface area (Å²) in [6.07, 6.45) is 7.36. The highest BCUT2D eigenvalue weighted by molar-refractivity contribution is 5.81. The molecule has 1 aliphatic carbocycles. The number of urea groups is 1. The SMILES string of the molecule is CC(C)(C)NC(=O)NN(CC#N)C(=O)CCC1CCCCC1. The van der Waals surface area contributed by atoms with Gasteiger partial charge >= 0.3 is 6.03 Å². The van der Waals surface area contributed by atoms with Crippen molar-refractivity contribution in [1.29, 1.82) is 5.26 Å². The number of nitrogens with one attached hydrogen (secondary N) is 2. The zero-order valence-corrected chi connectivity index (χ0v) is 13.9. The molecule has 0 heterocycles. The van der Waals surface area contributed by atoms with E-state index in [0.29, 0.717) is 12.3 Å². The molecule has 6 heteroatoms. The van der Waals surface area contributed by atoms with Crippen LogP contribution in [0.5, 0.6) is 0 Å². The van der Waals surface area contributed by atoms with Gasteiger partial charge in [-0.1, -0.05) is 32.1 Å². The third kappa shape index (κ3) is 7.30. The van der Waals surface area contributed by atoms with Crippen molar-refractivity contribution in [1.82, 2.24) is 15.8 Å². The Hall–Kier alpha value is -1.77. The first kappa shape index (κ1) is 18.3. The van der Waals surface area contributed by atoms with Gasteiger partial charge in [0.05, 0.1) is 6.07 Å². The van der Waals surface area contributed by atoms with E-state index >= 15 is 0 Å². The van der Waals surface area contributed by atoms with E-state index in [0.717, 1.165) is 11.4 Å². The molecule has 1 saturated carbocycles. The second-order valence-corrected chi connectivity index (χ2v) is 7.00. The van der Waals surface area contributed by atoms with Gasteiger partial charge < -0.3 is 5.32 Å². The average Bonchev–Trinajstić information content (AvgIpc) is 2.43. The first-order valence-electron chi connectivity index (χ1n) is 8.08. The lowest BCUT2D eigenvalue weighted by atomic mass is 9.86. The fourth-order valence-corrected chi connectivity index (χ4v) is 2.69. The maximum atomic E-state index is 12.2. The molecule has 0 aromatic rings. The molecular weight excluding hydrogens is 280 g/mol. The van der Waals surface area contributed by atoms with Gasteiger partial charge in [-0.2, -0.15) is 5.26 Å². The lowest BCUT2D eigenvalue weighted by Gasteiger charge is -2.26. The molecule has 1 rings (SSSR count). The maximum absolute atomic E-state index is 12.2. The van der Waals surface area contributed by atoms with Crippen LogP contribution in [0.15, 0.2) is 0 Å². The lowest BCUT2D eigenvalue weighted by molar-refractivity contribution is -0.133. The van der Waals surface area contributed by atoms with Crippen LogP contribution in [-0.4, -0.2) is 29.0 Å². The average molecular weight is 308 g/mol. The number of nitrogens with zero attached hydrogens (tertiary/aromatic N) is 2. The van der Waals surface area contributed by atoms with Gasteiger partial charge in [0.1, 0.15) is 6.54 Å². The van der Waals surface area contributed by atoms with Crippen LogP contribution in [0.4, 0.5) is 4.79 Å². The Bertz CT molecular complexity index is 417. The number of hydrogen-bond acceptors (Lipinski definition) is 3. The smallest absolute Gasteiger partial charge is 0.332 e. The fourth-order valence-electron chi connectivity index (χ4n) is 2.69. The standard InChI is InChI=1S/C16H28N4O2/c1-16(2,3)18-15(22)19-20(12-11-17)14(21)10-9-13-7-5-4-6-8-13/h13H,4-10,12H2,1-3H3,(H2,18,19,22). The number of nitriles is 1. The van der Waals surface area contributed by atoms with Crippen molar-refractivity contribution >= 4 is 11.9 Å². The van der Waals surface area contributed by atoms with Gasteiger partial charge in [-0.15, -0.1) is 0 Å². The summed E-state index contributed by atoms with van der Waals surface area (Å²) in [7, 11) is 0. The number of rotatable bonds is 4. The molecule has 1 fully saturated rings. The molecule has 0 radical (unpaired) electrons. The molecule has 0 saturated heterocycles. The normalized spacial score (nSPS) is 15.7. The monoisotopic (exact) mass is 308 g/mol. The minimum Gasteiger partial charge on any atom is -0.332 e. The van der Waals surface area contributed by atoms with Crippen molar-refractivity contribution in [2.24, 2.45) is 5.92 Å². The highest BCUT2D eigenvalue weighted by Crippen LogP contribution is 2.27. The third-order valence-corrected chi connectivity index (χ3v) is 3.75. The second kappa shape index (κ2) is 8.62. The van der Waals surface area contributed by atoms with Crippen LogP contribution in [0, 0.1) is 17.2 Å². The molecule has 0 spiro atoms. The number of hydrazine groups is 1. The summed E-state index contributed by atoms with van der Waals surface area (Å²) in [6.45, 7) is 5.42. The highest BCUT2D eigenvalue weighted by Gasteiger charge is 2.21. The number of hydrogen-bond donors (Lipinski definition) is 2. The van der Waals surface area contributed by atoms with E-state index in [9.17, 15) is 9.59 Å². The van der Waals surface area contributed by atoms with Gasteiger partial charge in [-0.25, -0.2) is 15.2 Å². The molecule has 124 valence electrons. The molecule has 3 amide bonds. The molecule has 0 aromatic carbocycles. The van der Waals surface area contributed by atoms with E-state index in [1.165, 1.54) is 32.1 Å². The van der Waals surface area contributed by atoms with Crippen LogP contribution < -0.4 is 10.7 Å². The van der Waals surface area contributed by atoms with Crippen LogP contribution in [0.1, 0.15) is 65.7 Å². The topological polar surface area (TPSA) is 85.2 Å². The van der Waals surface area contributed by atoms with E-state index in [2.05, 4.69) is 10.7 Å². The molecule has 0 aliphatic heterocycles. The Morgan fingerprint density at radius 2 is 1.86 bits per heavy atom. The van der Waals surface area contributed by atoms with E-state index in [1.54, 1.807) is 0 Å². The van der Waals surface area contributed by atoms with Crippen LogP contribution in [-0.2, 0) is 4.79 Å². The van der Waals surface area contributed by atoms with Gasteiger partial charge in [0.25, 0.3) is 0 Å². The fraction of sp³-hybridized carbons (Fsp3) is 0.812. The summed E-state index contributed by atoms with van der Waals surface area (Å²) in [5.74, 6) is 0.404. The Balaban J connectivity index is 2.45. The van der Waals surface area contributed by atoms with Crippen molar-refractivity contribution < 1.29 is 9.59 Å². The highest BCUT2D eigenvalue weighted by atomic mass is 16.2. The molecule has 6 nitrogen and oxygen atoms in total. The summed E-state index contributed by atoms with van der Waals surface area (Å²) in [6, 6.07) is 1.45. The Morgan fingerprint density at radius 1 is 1.23 bits per heavy atom. The summed E-state index contributed by atoms with van der Waals surface area (Å²) in [5.41, 5.74) is 2.08. The van der Waals surface area contributed by atoms with Crippen molar-refractivity contribution in [2.45, 2.75) is 71.3 Å². The predicted molar refractivity (Wildman–Crippen MR) is 84.6 cm³/mol. The largest absolute Gasteiger partial charge is 0.334 e. The first-order chi connectivity index (χ1) is 10.3.